The van der Waals surface area contributed by atoms with Gasteiger partial charge in [0, 0.05) is 44.3 Å². The lowest BCUT2D eigenvalue weighted by Crippen LogP contribution is -2.37. The van der Waals surface area contributed by atoms with Gasteiger partial charge in [0.2, 0.25) is 0 Å². The van der Waals surface area contributed by atoms with Gasteiger partial charge in [-0.25, -0.2) is 0 Å². The third-order valence-corrected chi connectivity index (χ3v) is 15.5. The molecule has 0 radical (unpaired) electrons. The highest BCUT2D eigenvalue weighted by molar-refractivity contribution is 6.88. The highest BCUT2D eigenvalue weighted by Gasteiger charge is 2.18. The van der Waals surface area contributed by atoms with Crippen LogP contribution in [-0.4, -0.2) is 12.6 Å². The fourth-order valence-corrected chi connectivity index (χ4v) is 11.0. The maximum Gasteiger partial charge on any atom is 0.136 e. The van der Waals surface area contributed by atoms with Crippen LogP contribution < -0.4 is 10.1 Å². The number of rotatable bonds is 9. The molecule has 0 bridgehead atoms. The molecular formula is C63H48N2OSi. The number of anilines is 3. The second-order valence-electron chi connectivity index (χ2n) is 18.6. The summed E-state index contributed by atoms with van der Waals surface area (Å²) in [5, 5.41) is 6.23. The van der Waals surface area contributed by atoms with Crippen molar-refractivity contribution in [1.82, 2.24) is 4.57 Å². The lowest BCUT2D eigenvalue weighted by atomic mass is 10.0. The minimum atomic E-state index is -1.37. The predicted octanol–water partition coefficient (Wildman–Crippen LogP) is 17.4. The summed E-state index contributed by atoms with van der Waals surface area (Å²) in [4.78, 5) is 2.36. The normalized spacial score (nSPS) is 11.8. The molecule has 0 spiro atoms. The van der Waals surface area contributed by atoms with Gasteiger partial charge in [-0.05, 0) is 129 Å². The average molecular weight is 877 g/mol. The Kier molecular flexibility index (Phi) is 9.85. The van der Waals surface area contributed by atoms with Gasteiger partial charge >= 0.3 is 0 Å². The Morgan fingerprint density at radius 3 is 1.37 bits per heavy atom. The average Bonchev–Trinajstić information content (AvgIpc) is 3.92. The van der Waals surface area contributed by atoms with Crippen molar-refractivity contribution >= 4 is 74.1 Å². The van der Waals surface area contributed by atoms with E-state index in [9.17, 15) is 0 Å². The first kappa shape index (κ1) is 40.3. The van der Waals surface area contributed by atoms with Crippen LogP contribution in [0.4, 0.5) is 17.1 Å². The summed E-state index contributed by atoms with van der Waals surface area (Å²) in [5.41, 5.74) is 18.1. The molecule has 0 atom stereocenters. The van der Waals surface area contributed by atoms with E-state index in [4.69, 9.17) is 4.42 Å². The van der Waals surface area contributed by atoms with Crippen molar-refractivity contribution in [2.45, 2.75) is 19.6 Å². The molecule has 0 aliphatic rings. The largest absolute Gasteiger partial charge is 0.456 e. The van der Waals surface area contributed by atoms with Crippen molar-refractivity contribution in [2.75, 3.05) is 4.90 Å². The monoisotopic (exact) mass is 876 g/mol. The van der Waals surface area contributed by atoms with E-state index < -0.39 is 8.07 Å². The maximum atomic E-state index is 6.22. The Morgan fingerprint density at radius 2 is 0.761 bits per heavy atom. The van der Waals surface area contributed by atoms with E-state index in [1.807, 2.05) is 12.1 Å². The minimum absolute atomic E-state index is 0.909. The zero-order valence-corrected chi connectivity index (χ0v) is 38.8. The topological polar surface area (TPSA) is 21.3 Å². The van der Waals surface area contributed by atoms with Crippen LogP contribution in [0.25, 0.3) is 93.9 Å². The van der Waals surface area contributed by atoms with E-state index in [2.05, 4.69) is 254 Å². The number of para-hydroxylation sites is 2. The lowest BCUT2D eigenvalue weighted by Gasteiger charge is -2.26. The van der Waals surface area contributed by atoms with Crippen molar-refractivity contribution in [3.63, 3.8) is 0 Å². The summed E-state index contributed by atoms with van der Waals surface area (Å²) in [7, 11) is -1.37. The second-order valence-corrected chi connectivity index (χ2v) is 23.7. The smallest absolute Gasteiger partial charge is 0.136 e. The van der Waals surface area contributed by atoms with Gasteiger partial charge in [-0.1, -0.05) is 176 Å². The zero-order chi connectivity index (χ0) is 45.1. The third-order valence-electron chi connectivity index (χ3n) is 13.4. The standard InChI is InChI=1S/C63H48N2OSi/c1-67(2,3)55-37-25-46(26-38-55)45-19-31-52(32-20-45)64(51-29-17-44(18-30-51)43-11-5-4-6-12-43)53-33-21-47(22-34-53)49-28-40-61-59(41-49)56-13-7-9-15-60(56)65(61)54-35-23-48(24-36-54)50-27-39-58-57-14-8-10-16-62(57)66-63(58)42-50/h4-42H,1-3H3. The molecule has 0 amide bonds. The number of hydrogen-bond donors (Lipinski definition) is 0. The van der Waals surface area contributed by atoms with Crippen molar-refractivity contribution in [1.29, 1.82) is 0 Å². The van der Waals surface area contributed by atoms with E-state index in [0.29, 0.717) is 0 Å². The zero-order valence-electron chi connectivity index (χ0n) is 37.8. The van der Waals surface area contributed by atoms with Crippen LogP contribution in [0.2, 0.25) is 19.6 Å². The Bertz CT molecular complexity index is 3730. The Hall–Kier alpha value is -8.18. The van der Waals surface area contributed by atoms with Crippen molar-refractivity contribution in [3.8, 4) is 50.2 Å². The summed E-state index contributed by atoms with van der Waals surface area (Å²) in [6.45, 7) is 7.20. The van der Waals surface area contributed by atoms with Crippen LogP contribution in [0, 0.1) is 0 Å². The molecule has 2 aromatic heterocycles. The number of hydrogen-bond acceptors (Lipinski definition) is 2. The first-order chi connectivity index (χ1) is 32.8. The van der Waals surface area contributed by atoms with Crippen LogP contribution in [0.1, 0.15) is 0 Å². The van der Waals surface area contributed by atoms with Crippen LogP contribution in [0.15, 0.2) is 241 Å². The summed E-state index contributed by atoms with van der Waals surface area (Å²) in [6, 6.07) is 86.0. The summed E-state index contributed by atoms with van der Waals surface area (Å²) >= 11 is 0. The van der Waals surface area contributed by atoms with Crippen LogP contribution in [0.5, 0.6) is 0 Å². The van der Waals surface area contributed by atoms with Gasteiger partial charge < -0.3 is 13.9 Å². The van der Waals surface area contributed by atoms with E-state index in [0.717, 1.165) is 55.8 Å². The molecule has 0 aliphatic carbocycles. The van der Waals surface area contributed by atoms with Gasteiger partial charge in [0.1, 0.15) is 11.2 Å². The van der Waals surface area contributed by atoms with E-state index in [1.54, 1.807) is 0 Å². The van der Waals surface area contributed by atoms with Gasteiger partial charge in [0.05, 0.1) is 19.1 Å². The fourth-order valence-electron chi connectivity index (χ4n) is 9.79. The number of fused-ring (bicyclic) bond motifs is 6. The van der Waals surface area contributed by atoms with Crippen LogP contribution in [0.3, 0.4) is 0 Å². The summed E-state index contributed by atoms with van der Waals surface area (Å²) < 4.78 is 8.61. The molecule has 2 heterocycles. The molecule has 0 aliphatic heterocycles. The predicted molar refractivity (Wildman–Crippen MR) is 287 cm³/mol. The number of aromatic nitrogens is 1. The summed E-state index contributed by atoms with van der Waals surface area (Å²) in [5.74, 6) is 0. The molecule has 0 unspecified atom stereocenters. The first-order valence-electron chi connectivity index (χ1n) is 23.1. The lowest BCUT2D eigenvalue weighted by molar-refractivity contribution is 0.669. The van der Waals surface area contributed by atoms with E-state index in [1.165, 1.54) is 60.4 Å². The van der Waals surface area contributed by atoms with Crippen LogP contribution >= 0.6 is 0 Å². The molecule has 3 nitrogen and oxygen atoms in total. The molecule has 320 valence electrons. The van der Waals surface area contributed by atoms with E-state index in [-0.39, 0.29) is 0 Å². The van der Waals surface area contributed by atoms with E-state index >= 15 is 0 Å². The minimum Gasteiger partial charge on any atom is -0.456 e. The van der Waals surface area contributed by atoms with Crippen molar-refractivity contribution in [2.24, 2.45) is 0 Å². The van der Waals surface area contributed by atoms with Gasteiger partial charge in [-0.2, -0.15) is 0 Å². The summed E-state index contributed by atoms with van der Waals surface area (Å²) in [6.07, 6.45) is 0. The molecule has 0 N–H and O–H groups in total. The molecule has 4 heteroatoms. The highest BCUT2D eigenvalue weighted by Crippen LogP contribution is 2.40. The molecule has 0 saturated carbocycles. The van der Waals surface area contributed by atoms with Crippen LogP contribution in [-0.2, 0) is 0 Å². The molecule has 67 heavy (non-hydrogen) atoms. The van der Waals surface area contributed by atoms with Crippen molar-refractivity contribution in [3.05, 3.63) is 237 Å². The SMILES string of the molecule is C[Si](C)(C)c1ccc(-c2ccc(N(c3ccc(-c4ccccc4)cc3)c3ccc(-c4ccc5c(c4)c4ccccc4n5-c4ccc(-c5ccc6c(c5)oc5ccccc56)cc4)cc3)cc2)cc1. The third kappa shape index (κ3) is 7.42. The number of furan rings is 1. The molecule has 10 aromatic carbocycles. The Balaban J connectivity index is 0.869. The first-order valence-corrected chi connectivity index (χ1v) is 26.6. The molecule has 12 rings (SSSR count). The molecular weight excluding hydrogens is 829 g/mol. The number of benzene rings is 10. The van der Waals surface area contributed by atoms with Gasteiger partial charge in [0.15, 0.2) is 0 Å². The molecule has 0 fully saturated rings. The molecule has 0 saturated heterocycles. The van der Waals surface area contributed by atoms with Gasteiger partial charge in [-0.3, -0.25) is 0 Å². The Morgan fingerprint density at radius 1 is 0.328 bits per heavy atom. The highest BCUT2D eigenvalue weighted by atomic mass is 28.3. The quantitative estimate of drug-likeness (QED) is 0.135. The van der Waals surface area contributed by atoms with Crippen molar-refractivity contribution < 1.29 is 4.42 Å². The fraction of sp³-hybridized carbons (Fsp3) is 0.0476. The van der Waals surface area contributed by atoms with Gasteiger partial charge in [0.25, 0.3) is 0 Å². The number of nitrogens with zero attached hydrogens (tertiary/aromatic N) is 2. The van der Waals surface area contributed by atoms with Gasteiger partial charge in [-0.15, -0.1) is 0 Å². The second kappa shape index (κ2) is 16.4. The Labute approximate surface area is 392 Å². The molecule has 12 aromatic rings. The maximum absolute atomic E-state index is 6.22.